The maximum absolute atomic E-state index is 12.4. The van der Waals surface area contributed by atoms with E-state index in [1.54, 1.807) is 0 Å². The fourth-order valence-corrected chi connectivity index (χ4v) is 2.35. The standard InChI is InChI=1S/C18H16N2O3/c1-13-7-5-6-10-15(13)12-19-18(22)20-16(11-17(21)23-20)14-8-3-2-4-9-14/h2-11H,12H2,1H3,(H,19,22). The van der Waals surface area contributed by atoms with Crippen LogP contribution < -0.4 is 10.9 Å². The molecule has 0 fully saturated rings. The van der Waals surface area contributed by atoms with Crippen LogP contribution in [0.5, 0.6) is 0 Å². The Morgan fingerprint density at radius 2 is 1.78 bits per heavy atom. The van der Waals surface area contributed by atoms with Crippen molar-refractivity contribution in [2.45, 2.75) is 13.5 Å². The molecule has 0 aliphatic rings. The zero-order chi connectivity index (χ0) is 16.2. The molecule has 0 saturated carbocycles. The summed E-state index contributed by atoms with van der Waals surface area (Å²) in [6, 6.07) is 17.8. The number of aromatic nitrogens is 1. The Kier molecular flexibility index (Phi) is 4.10. The molecular weight excluding hydrogens is 292 g/mol. The lowest BCUT2D eigenvalue weighted by molar-refractivity contribution is 0.208. The van der Waals surface area contributed by atoms with Crippen LogP contribution in [0, 0.1) is 6.92 Å². The Balaban J connectivity index is 1.83. The maximum atomic E-state index is 12.4. The second-order valence-electron chi connectivity index (χ2n) is 5.19. The molecule has 1 heterocycles. The summed E-state index contributed by atoms with van der Waals surface area (Å²) in [5, 5.41) is 2.77. The topological polar surface area (TPSA) is 64.2 Å². The zero-order valence-corrected chi connectivity index (χ0v) is 12.7. The van der Waals surface area contributed by atoms with E-state index in [1.807, 2.05) is 61.5 Å². The minimum Gasteiger partial charge on any atom is -0.331 e. The highest BCUT2D eigenvalue weighted by atomic mass is 16.5. The summed E-state index contributed by atoms with van der Waals surface area (Å²) in [5.41, 5.74) is 2.71. The Hall–Kier alpha value is -3.08. The molecule has 116 valence electrons. The second kappa shape index (κ2) is 6.36. The van der Waals surface area contributed by atoms with E-state index in [9.17, 15) is 9.59 Å². The molecule has 3 rings (SSSR count). The number of nitrogens with zero attached hydrogens (tertiary/aromatic N) is 1. The number of hydrogen-bond acceptors (Lipinski definition) is 3. The zero-order valence-electron chi connectivity index (χ0n) is 12.7. The summed E-state index contributed by atoms with van der Waals surface area (Å²) in [6.07, 6.45) is 0. The van der Waals surface area contributed by atoms with Crippen LogP contribution in [0.25, 0.3) is 11.3 Å². The first kappa shape index (κ1) is 14.8. The van der Waals surface area contributed by atoms with Gasteiger partial charge in [-0.1, -0.05) is 54.6 Å². The van der Waals surface area contributed by atoms with Crippen LogP contribution in [-0.4, -0.2) is 10.8 Å². The van der Waals surface area contributed by atoms with Crippen LogP contribution in [0.2, 0.25) is 0 Å². The SMILES string of the molecule is Cc1ccccc1CNC(=O)n1oc(=O)cc1-c1ccccc1. The van der Waals surface area contributed by atoms with Gasteiger partial charge in [0.15, 0.2) is 0 Å². The monoisotopic (exact) mass is 308 g/mol. The number of aryl methyl sites for hydroxylation is 1. The number of carbonyl (C=O) groups is 1. The van der Waals surface area contributed by atoms with E-state index in [4.69, 9.17) is 4.52 Å². The van der Waals surface area contributed by atoms with Crippen molar-refractivity contribution in [3.63, 3.8) is 0 Å². The quantitative estimate of drug-likeness (QED) is 0.808. The Bertz CT molecular complexity index is 879. The third-order valence-electron chi connectivity index (χ3n) is 3.60. The minimum atomic E-state index is -0.560. The van der Waals surface area contributed by atoms with Gasteiger partial charge in [0.25, 0.3) is 0 Å². The number of amides is 1. The van der Waals surface area contributed by atoms with Gasteiger partial charge in [0.2, 0.25) is 0 Å². The van der Waals surface area contributed by atoms with Gasteiger partial charge in [-0.3, -0.25) is 0 Å². The molecule has 23 heavy (non-hydrogen) atoms. The van der Waals surface area contributed by atoms with Crippen molar-refractivity contribution in [1.82, 2.24) is 10.1 Å². The van der Waals surface area contributed by atoms with E-state index in [1.165, 1.54) is 6.07 Å². The lowest BCUT2D eigenvalue weighted by Gasteiger charge is -2.09. The predicted molar refractivity (Wildman–Crippen MR) is 87.2 cm³/mol. The average molecular weight is 308 g/mol. The summed E-state index contributed by atoms with van der Waals surface area (Å²) in [7, 11) is 0. The first-order valence-corrected chi connectivity index (χ1v) is 7.26. The molecule has 3 aromatic rings. The molecule has 5 nitrogen and oxygen atoms in total. The second-order valence-corrected chi connectivity index (χ2v) is 5.19. The first-order valence-electron chi connectivity index (χ1n) is 7.26. The highest BCUT2D eigenvalue weighted by Gasteiger charge is 2.15. The van der Waals surface area contributed by atoms with Gasteiger partial charge in [-0.2, -0.15) is 0 Å². The molecule has 2 aromatic carbocycles. The molecule has 0 aliphatic heterocycles. The Morgan fingerprint density at radius 1 is 1.09 bits per heavy atom. The van der Waals surface area contributed by atoms with Crippen molar-refractivity contribution in [3.05, 3.63) is 82.2 Å². The molecule has 0 atom stereocenters. The van der Waals surface area contributed by atoms with Crippen molar-refractivity contribution in [1.29, 1.82) is 0 Å². The van der Waals surface area contributed by atoms with Gasteiger partial charge >= 0.3 is 11.7 Å². The lowest BCUT2D eigenvalue weighted by atomic mass is 10.1. The minimum absolute atomic E-state index is 0.363. The van der Waals surface area contributed by atoms with E-state index in [2.05, 4.69) is 5.32 Å². The van der Waals surface area contributed by atoms with Crippen LogP contribution in [0.3, 0.4) is 0 Å². The van der Waals surface area contributed by atoms with Crippen molar-refractivity contribution in [2.24, 2.45) is 0 Å². The highest BCUT2D eigenvalue weighted by Crippen LogP contribution is 2.17. The summed E-state index contributed by atoms with van der Waals surface area (Å²) in [5.74, 6) is 0. The number of nitrogens with one attached hydrogen (secondary N) is 1. The molecule has 1 aromatic heterocycles. The third-order valence-corrected chi connectivity index (χ3v) is 3.60. The van der Waals surface area contributed by atoms with E-state index in [-0.39, 0.29) is 0 Å². The number of carbonyl (C=O) groups excluding carboxylic acids is 1. The van der Waals surface area contributed by atoms with Crippen LogP contribution in [-0.2, 0) is 6.54 Å². The molecule has 0 unspecified atom stereocenters. The molecule has 0 aliphatic carbocycles. The molecule has 0 bridgehead atoms. The van der Waals surface area contributed by atoms with Gasteiger partial charge < -0.3 is 9.84 Å². The van der Waals surface area contributed by atoms with E-state index in [0.29, 0.717) is 12.2 Å². The fraction of sp³-hybridized carbons (Fsp3) is 0.111. The van der Waals surface area contributed by atoms with Crippen LogP contribution in [0.4, 0.5) is 4.79 Å². The summed E-state index contributed by atoms with van der Waals surface area (Å²) in [6.45, 7) is 2.34. The number of rotatable bonds is 3. The van der Waals surface area contributed by atoms with Crippen molar-refractivity contribution < 1.29 is 9.32 Å². The van der Waals surface area contributed by atoms with Gasteiger partial charge in [0.1, 0.15) is 5.69 Å². The molecule has 0 spiro atoms. The maximum Gasteiger partial charge on any atom is 0.358 e. The van der Waals surface area contributed by atoms with Gasteiger partial charge in [-0.25, -0.2) is 9.59 Å². The summed E-state index contributed by atoms with van der Waals surface area (Å²) >= 11 is 0. The molecular formula is C18H16N2O3. The van der Waals surface area contributed by atoms with Crippen molar-refractivity contribution in [2.75, 3.05) is 0 Å². The molecule has 5 heteroatoms. The number of benzene rings is 2. The van der Waals surface area contributed by atoms with Gasteiger partial charge in [-0.15, -0.1) is 4.74 Å². The van der Waals surface area contributed by atoms with Gasteiger partial charge in [0, 0.05) is 12.1 Å². The largest absolute Gasteiger partial charge is 0.358 e. The van der Waals surface area contributed by atoms with E-state index in [0.717, 1.165) is 21.4 Å². The normalized spacial score (nSPS) is 10.5. The third kappa shape index (κ3) is 3.23. The molecule has 0 radical (unpaired) electrons. The van der Waals surface area contributed by atoms with Gasteiger partial charge in [0.05, 0.1) is 6.07 Å². The molecule has 1 N–H and O–H groups in total. The summed E-state index contributed by atoms with van der Waals surface area (Å²) < 4.78 is 5.99. The fourth-order valence-electron chi connectivity index (χ4n) is 2.35. The van der Waals surface area contributed by atoms with E-state index >= 15 is 0 Å². The van der Waals surface area contributed by atoms with Crippen LogP contribution in [0.15, 0.2) is 70.0 Å². The van der Waals surface area contributed by atoms with Crippen molar-refractivity contribution >= 4 is 6.03 Å². The highest BCUT2D eigenvalue weighted by molar-refractivity contribution is 5.80. The Morgan fingerprint density at radius 3 is 2.52 bits per heavy atom. The number of hydrogen-bond donors (Lipinski definition) is 1. The van der Waals surface area contributed by atoms with Crippen LogP contribution >= 0.6 is 0 Å². The molecule has 1 amide bonds. The molecule has 0 saturated heterocycles. The van der Waals surface area contributed by atoms with Crippen molar-refractivity contribution in [3.8, 4) is 11.3 Å². The Labute approximate surface area is 133 Å². The first-order chi connectivity index (χ1) is 11.1. The van der Waals surface area contributed by atoms with E-state index < -0.39 is 11.7 Å². The smallest absolute Gasteiger partial charge is 0.331 e. The summed E-state index contributed by atoms with van der Waals surface area (Å²) in [4.78, 5) is 23.9. The van der Waals surface area contributed by atoms with Crippen LogP contribution in [0.1, 0.15) is 11.1 Å². The average Bonchev–Trinajstić information content (AvgIpc) is 2.97. The van der Waals surface area contributed by atoms with Gasteiger partial charge in [-0.05, 0) is 18.1 Å². The predicted octanol–water partition coefficient (Wildman–Crippen LogP) is 3.17. The lowest BCUT2D eigenvalue weighted by Crippen LogP contribution is -2.28.